The Labute approximate surface area is 128 Å². The molecule has 0 aliphatic carbocycles. The van der Waals surface area contributed by atoms with E-state index in [2.05, 4.69) is 42.8 Å². The topological polar surface area (TPSA) is 18.5 Å². The highest BCUT2D eigenvalue weighted by Crippen LogP contribution is 2.24. The van der Waals surface area contributed by atoms with E-state index >= 15 is 0 Å². The Morgan fingerprint density at radius 2 is 2.10 bits per heavy atom. The van der Waals surface area contributed by atoms with Crippen molar-refractivity contribution in [2.24, 2.45) is 0 Å². The first-order valence-corrected chi connectivity index (χ1v) is 8.02. The number of halogens is 1. The Kier molecular flexibility index (Phi) is 5.59. The van der Waals surface area contributed by atoms with E-state index in [0.29, 0.717) is 18.6 Å². The van der Waals surface area contributed by atoms with Gasteiger partial charge in [0, 0.05) is 44.0 Å². The molecule has 3 nitrogen and oxygen atoms in total. The summed E-state index contributed by atoms with van der Waals surface area (Å²) in [6, 6.07) is 6.12. The monoisotopic (exact) mass is 293 g/mol. The van der Waals surface area contributed by atoms with E-state index in [9.17, 15) is 4.39 Å². The Morgan fingerprint density at radius 3 is 2.71 bits per heavy atom. The van der Waals surface area contributed by atoms with Gasteiger partial charge in [0.25, 0.3) is 0 Å². The first-order valence-electron chi connectivity index (χ1n) is 8.02. The number of hydrogen-bond donors (Lipinski definition) is 1. The van der Waals surface area contributed by atoms with Gasteiger partial charge in [-0.3, -0.25) is 4.90 Å². The van der Waals surface area contributed by atoms with Gasteiger partial charge < -0.3 is 10.2 Å². The van der Waals surface area contributed by atoms with E-state index in [1.807, 2.05) is 6.07 Å². The maximum atomic E-state index is 13.6. The summed E-state index contributed by atoms with van der Waals surface area (Å²) in [4.78, 5) is 4.89. The molecule has 118 valence electrons. The number of hydrogen-bond acceptors (Lipinski definition) is 3. The molecule has 0 spiro atoms. The fourth-order valence-corrected chi connectivity index (χ4v) is 3.00. The van der Waals surface area contributed by atoms with Crippen LogP contribution in [-0.4, -0.2) is 43.2 Å². The molecule has 1 heterocycles. The Hall–Kier alpha value is -1.13. The van der Waals surface area contributed by atoms with Gasteiger partial charge in [-0.1, -0.05) is 20.8 Å². The smallest absolute Gasteiger partial charge is 0.123 e. The third-order valence-corrected chi connectivity index (χ3v) is 4.25. The highest BCUT2D eigenvalue weighted by Gasteiger charge is 2.23. The molecule has 1 unspecified atom stereocenters. The number of benzene rings is 1. The first-order chi connectivity index (χ1) is 10.0. The van der Waals surface area contributed by atoms with Gasteiger partial charge in [-0.05, 0) is 37.2 Å². The van der Waals surface area contributed by atoms with Crippen molar-refractivity contribution in [3.63, 3.8) is 0 Å². The van der Waals surface area contributed by atoms with E-state index in [1.165, 1.54) is 5.69 Å². The van der Waals surface area contributed by atoms with Gasteiger partial charge in [0.2, 0.25) is 0 Å². The standard InChI is InChI=1S/C17H28FN3/c1-5-20-8-9-21(12-14(20)4)17-7-6-16(18)10-15(17)11-19-13(2)3/h6-7,10,13-14,19H,5,8-9,11-12H2,1-4H3. The molecule has 0 radical (unpaired) electrons. The zero-order chi connectivity index (χ0) is 15.4. The summed E-state index contributed by atoms with van der Waals surface area (Å²) < 4.78 is 13.6. The molecule has 0 aromatic heterocycles. The van der Waals surface area contributed by atoms with E-state index in [4.69, 9.17) is 0 Å². The van der Waals surface area contributed by atoms with E-state index in [-0.39, 0.29) is 5.82 Å². The minimum Gasteiger partial charge on any atom is -0.368 e. The Morgan fingerprint density at radius 1 is 1.33 bits per heavy atom. The van der Waals surface area contributed by atoms with Crippen LogP contribution in [0.1, 0.15) is 33.3 Å². The number of nitrogens with zero attached hydrogens (tertiary/aromatic N) is 2. The molecule has 0 saturated carbocycles. The second kappa shape index (κ2) is 7.23. The Balaban J connectivity index is 2.15. The molecule has 4 heteroatoms. The van der Waals surface area contributed by atoms with Crippen LogP contribution >= 0.6 is 0 Å². The molecule has 1 aliphatic heterocycles. The van der Waals surface area contributed by atoms with Crippen molar-refractivity contribution in [3.8, 4) is 0 Å². The molecule has 1 fully saturated rings. The SMILES string of the molecule is CCN1CCN(c2ccc(F)cc2CNC(C)C)CC1C. The number of likely N-dealkylation sites (N-methyl/N-ethyl adjacent to an activating group) is 1. The number of anilines is 1. The van der Waals surface area contributed by atoms with Crippen molar-refractivity contribution in [2.45, 2.75) is 46.3 Å². The zero-order valence-electron chi connectivity index (χ0n) is 13.7. The molecule has 1 N–H and O–H groups in total. The summed E-state index contributed by atoms with van der Waals surface area (Å²) in [7, 11) is 0. The van der Waals surface area contributed by atoms with Gasteiger partial charge in [-0.25, -0.2) is 4.39 Å². The third kappa shape index (κ3) is 4.17. The summed E-state index contributed by atoms with van der Waals surface area (Å²) in [6.07, 6.45) is 0. The van der Waals surface area contributed by atoms with Crippen molar-refractivity contribution in [3.05, 3.63) is 29.6 Å². The summed E-state index contributed by atoms with van der Waals surface area (Å²) >= 11 is 0. The predicted octanol–water partition coefficient (Wildman–Crippen LogP) is 2.85. The average Bonchev–Trinajstić information content (AvgIpc) is 2.45. The van der Waals surface area contributed by atoms with Crippen LogP contribution in [0.3, 0.4) is 0 Å². The first kappa shape index (κ1) is 16.2. The van der Waals surface area contributed by atoms with Gasteiger partial charge in [0.1, 0.15) is 5.82 Å². The Bertz CT molecular complexity index is 461. The quantitative estimate of drug-likeness (QED) is 0.900. The largest absolute Gasteiger partial charge is 0.368 e. The van der Waals surface area contributed by atoms with Crippen molar-refractivity contribution in [2.75, 3.05) is 31.1 Å². The van der Waals surface area contributed by atoms with E-state index < -0.39 is 0 Å². The second-order valence-corrected chi connectivity index (χ2v) is 6.23. The lowest BCUT2D eigenvalue weighted by Crippen LogP contribution is -2.52. The molecule has 21 heavy (non-hydrogen) atoms. The number of nitrogens with one attached hydrogen (secondary N) is 1. The van der Waals surface area contributed by atoms with Gasteiger partial charge >= 0.3 is 0 Å². The van der Waals surface area contributed by atoms with Crippen LogP contribution in [0.25, 0.3) is 0 Å². The molecule has 2 rings (SSSR count). The van der Waals surface area contributed by atoms with Gasteiger partial charge in [0.05, 0.1) is 0 Å². The van der Waals surface area contributed by atoms with Crippen LogP contribution in [0.5, 0.6) is 0 Å². The van der Waals surface area contributed by atoms with Crippen LogP contribution in [0.15, 0.2) is 18.2 Å². The lowest BCUT2D eigenvalue weighted by molar-refractivity contribution is 0.199. The van der Waals surface area contributed by atoms with Crippen LogP contribution < -0.4 is 10.2 Å². The lowest BCUT2D eigenvalue weighted by Gasteiger charge is -2.41. The normalized spacial score (nSPS) is 20.3. The maximum absolute atomic E-state index is 13.6. The van der Waals surface area contributed by atoms with E-state index in [1.54, 1.807) is 12.1 Å². The van der Waals surface area contributed by atoms with Crippen LogP contribution in [-0.2, 0) is 6.54 Å². The molecule has 0 amide bonds. The lowest BCUT2D eigenvalue weighted by atomic mass is 10.1. The molecule has 1 saturated heterocycles. The number of piperazine rings is 1. The molecule has 1 aliphatic rings. The van der Waals surface area contributed by atoms with E-state index in [0.717, 1.165) is 31.7 Å². The molecular formula is C17H28FN3. The summed E-state index contributed by atoms with van der Waals surface area (Å²) in [5, 5.41) is 3.40. The fourth-order valence-electron chi connectivity index (χ4n) is 3.00. The van der Waals surface area contributed by atoms with Crippen molar-refractivity contribution >= 4 is 5.69 Å². The second-order valence-electron chi connectivity index (χ2n) is 6.23. The maximum Gasteiger partial charge on any atom is 0.123 e. The van der Waals surface area contributed by atoms with Crippen LogP contribution in [0, 0.1) is 5.82 Å². The fraction of sp³-hybridized carbons (Fsp3) is 0.647. The van der Waals surface area contributed by atoms with Crippen LogP contribution in [0.2, 0.25) is 0 Å². The average molecular weight is 293 g/mol. The predicted molar refractivity (Wildman–Crippen MR) is 87.3 cm³/mol. The minimum atomic E-state index is -0.153. The third-order valence-electron chi connectivity index (χ3n) is 4.25. The van der Waals surface area contributed by atoms with Crippen molar-refractivity contribution in [1.29, 1.82) is 0 Å². The molecule has 1 aromatic carbocycles. The highest BCUT2D eigenvalue weighted by atomic mass is 19.1. The number of rotatable bonds is 5. The molecule has 1 aromatic rings. The van der Waals surface area contributed by atoms with Crippen molar-refractivity contribution in [1.82, 2.24) is 10.2 Å². The zero-order valence-corrected chi connectivity index (χ0v) is 13.7. The highest BCUT2D eigenvalue weighted by molar-refractivity contribution is 5.54. The summed E-state index contributed by atoms with van der Waals surface area (Å²) in [5.41, 5.74) is 2.23. The molecule has 0 bridgehead atoms. The van der Waals surface area contributed by atoms with Gasteiger partial charge in [-0.2, -0.15) is 0 Å². The van der Waals surface area contributed by atoms with Crippen LogP contribution in [0.4, 0.5) is 10.1 Å². The molecule has 1 atom stereocenters. The summed E-state index contributed by atoms with van der Waals surface area (Å²) in [5.74, 6) is -0.153. The minimum absolute atomic E-state index is 0.153. The van der Waals surface area contributed by atoms with Gasteiger partial charge in [0.15, 0.2) is 0 Å². The van der Waals surface area contributed by atoms with Gasteiger partial charge in [-0.15, -0.1) is 0 Å². The molecular weight excluding hydrogens is 265 g/mol. The van der Waals surface area contributed by atoms with Crippen molar-refractivity contribution < 1.29 is 4.39 Å². The summed E-state index contributed by atoms with van der Waals surface area (Å²) in [6.45, 7) is 13.6.